The topological polar surface area (TPSA) is 23.8 Å². The van der Waals surface area contributed by atoms with Gasteiger partial charge in [0.15, 0.2) is 0 Å². The van der Waals surface area contributed by atoms with Crippen LogP contribution in [0.5, 0.6) is 0 Å². The summed E-state index contributed by atoms with van der Waals surface area (Å²) in [7, 11) is 0. The Labute approximate surface area is 79.0 Å². The van der Waals surface area contributed by atoms with Gasteiger partial charge in [-0.1, -0.05) is 13.0 Å². The van der Waals surface area contributed by atoms with Gasteiger partial charge in [0.1, 0.15) is 0 Å². The molecule has 0 radical (unpaired) electrons. The van der Waals surface area contributed by atoms with Gasteiger partial charge in [0.2, 0.25) is 0 Å². The standard InChI is InChI=1S/C12H13N/c1-2-10-4-5-11-7-9(8-13)3-6-12(10)11/h3,6-7,10H,2,4-5H2,1H3/t10-/m1/s1. The molecule has 0 saturated carbocycles. The molecule has 0 unspecified atom stereocenters. The quantitative estimate of drug-likeness (QED) is 0.637. The lowest BCUT2D eigenvalue weighted by Crippen LogP contribution is -1.90. The van der Waals surface area contributed by atoms with Gasteiger partial charge in [-0.05, 0) is 48.4 Å². The Morgan fingerprint density at radius 3 is 3.08 bits per heavy atom. The third-order valence-electron chi connectivity index (χ3n) is 2.97. The Morgan fingerprint density at radius 2 is 2.38 bits per heavy atom. The smallest absolute Gasteiger partial charge is 0.0991 e. The van der Waals surface area contributed by atoms with Gasteiger partial charge in [0, 0.05) is 0 Å². The molecule has 1 atom stereocenters. The minimum atomic E-state index is 0.739. The van der Waals surface area contributed by atoms with Crippen molar-refractivity contribution in [3.05, 3.63) is 34.9 Å². The number of hydrogen-bond acceptors (Lipinski definition) is 1. The molecule has 0 spiro atoms. The summed E-state index contributed by atoms with van der Waals surface area (Å²) in [4.78, 5) is 0. The van der Waals surface area contributed by atoms with Gasteiger partial charge in [0.25, 0.3) is 0 Å². The molecule has 0 aliphatic heterocycles. The van der Waals surface area contributed by atoms with Crippen LogP contribution in [0.2, 0.25) is 0 Å². The molecule has 1 aliphatic rings. The summed E-state index contributed by atoms with van der Waals surface area (Å²) >= 11 is 0. The third kappa shape index (κ3) is 1.33. The second kappa shape index (κ2) is 3.22. The summed E-state index contributed by atoms with van der Waals surface area (Å²) in [5.41, 5.74) is 3.67. The van der Waals surface area contributed by atoms with E-state index in [9.17, 15) is 0 Å². The highest BCUT2D eigenvalue weighted by Crippen LogP contribution is 2.35. The molecule has 2 rings (SSSR count). The average molecular weight is 171 g/mol. The first-order valence-electron chi connectivity index (χ1n) is 4.88. The van der Waals surface area contributed by atoms with Gasteiger partial charge in [-0.15, -0.1) is 0 Å². The summed E-state index contributed by atoms with van der Waals surface area (Å²) < 4.78 is 0. The third-order valence-corrected chi connectivity index (χ3v) is 2.97. The highest BCUT2D eigenvalue weighted by atomic mass is 14.3. The van der Waals surface area contributed by atoms with E-state index in [2.05, 4.69) is 19.1 Å². The van der Waals surface area contributed by atoms with E-state index in [4.69, 9.17) is 5.26 Å². The normalized spacial score (nSPS) is 19.5. The van der Waals surface area contributed by atoms with Gasteiger partial charge in [-0.2, -0.15) is 5.26 Å². The maximum absolute atomic E-state index is 8.74. The molecule has 0 saturated heterocycles. The number of fused-ring (bicyclic) bond motifs is 1. The van der Waals surface area contributed by atoms with Crippen LogP contribution in [0.25, 0.3) is 0 Å². The molecule has 0 aromatic heterocycles. The number of hydrogen-bond donors (Lipinski definition) is 0. The predicted octanol–water partition coefficient (Wildman–Crippen LogP) is 3.00. The van der Waals surface area contributed by atoms with Gasteiger partial charge < -0.3 is 0 Å². The largest absolute Gasteiger partial charge is 0.192 e. The predicted molar refractivity (Wildman–Crippen MR) is 52.5 cm³/mol. The zero-order valence-corrected chi connectivity index (χ0v) is 7.88. The van der Waals surface area contributed by atoms with Gasteiger partial charge >= 0.3 is 0 Å². The number of rotatable bonds is 1. The van der Waals surface area contributed by atoms with E-state index < -0.39 is 0 Å². The van der Waals surface area contributed by atoms with E-state index in [1.54, 1.807) is 0 Å². The molecule has 0 heterocycles. The van der Waals surface area contributed by atoms with Crippen LogP contribution in [0.1, 0.15) is 42.4 Å². The molecule has 0 N–H and O–H groups in total. The van der Waals surface area contributed by atoms with Crippen LogP contribution in [0.15, 0.2) is 18.2 Å². The number of aryl methyl sites for hydroxylation is 1. The molecular formula is C12H13N. The summed E-state index contributed by atoms with van der Waals surface area (Å²) in [6, 6.07) is 8.31. The zero-order valence-electron chi connectivity index (χ0n) is 7.88. The van der Waals surface area contributed by atoms with E-state index in [-0.39, 0.29) is 0 Å². The second-order valence-electron chi connectivity index (χ2n) is 3.67. The Kier molecular flexibility index (Phi) is 2.06. The average Bonchev–Trinajstić information content (AvgIpc) is 2.59. The number of nitriles is 1. The minimum absolute atomic E-state index is 0.739. The van der Waals surface area contributed by atoms with Crippen LogP contribution in [0.3, 0.4) is 0 Å². The molecule has 0 bridgehead atoms. The molecule has 1 heteroatoms. The number of benzene rings is 1. The van der Waals surface area contributed by atoms with E-state index in [0.717, 1.165) is 17.9 Å². The molecule has 1 nitrogen and oxygen atoms in total. The van der Waals surface area contributed by atoms with Crippen LogP contribution >= 0.6 is 0 Å². The van der Waals surface area contributed by atoms with Gasteiger partial charge in [-0.25, -0.2) is 0 Å². The van der Waals surface area contributed by atoms with Crippen LogP contribution in [0, 0.1) is 11.3 Å². The van der Waals surface area contributed by atoms with Crippen LogP contribution < -0.4 is 0 Å². The Balaban J connectivity index is 2.41. The molecule has 1 aromatic rings. The van der Waals surface area contributed by atoms with Crippen molar-refractivity contribution >= 4 is 0 Å². The van der Waals surface area contributed by atoms with Crippen molar-refractivity contribution in [2.24, 2.45) is 0 Å². The summed E-state index contributed by atoms with van der Waals surface area (Å²) in [5.74, 6) is 0.739. The van der Waals surface area contributed by atoms with Gasteiger partial charge in [-0.3, -0.25) is 0 Å². The molecule has 66 valence electrons. The summed E-state index contributed by atoms with van der Waals surface area (Å²) in [6.07, 6.45) is 3.64. The first-order valence-corrected chi connectivity index (χ1v) is 4.88. The van der Waals surface area contributed by atoms with Crippen molar-refractivity contribution in [3.8, 4) is 6.07 Å². The van der Waals surface area contributed by atoms with E-state index >= 15 is 0 Å². The minimum Gasteiger partial charge on any atom is -0.192 e. The fourth-order valence-electron chi connectivity index (χ4n) is 2.20. The maximum atomic E-state index is 8.74. The number of nitrogens with zero attached hydrogens (tertiary/aromatic N) is 1. The fourth-order valence-corrected chi connectivity index (χ4v) is 2.20. The van der Waals surface area contributed by atoms with E-state index in [1.807, 2.05) is 12.1 Å². The molecule has 1 aliphatic carbocycles. The van der Waals surface area contributed by atoms with Gasteiger partial charge in [0.05, 0.1) is 11.6 Å². The maximum Gasteiger partial charge on any atom is 0.0991 e. The highest BCUT2D eigenvalue weighted by Gasteiger charge is 2.20. The van der Waals surface area contributed by atoms with Crippen LogP contribution in [-0.4, -0.2) is 0 Å². The Bertz CT molecular complexity index is 360. The van der Waals surface area contributed by atoms with Crippen molar-refractivity contribution in [1.82, 2.24) is 0 Å². The highest BCUT2D eigenvalue weighted by molar-refractivity contribution is 5.42. The molecule has 1 aromatic carbocycles. The molecule has 0 fully saturated rings. The van der Waals surface area contributed by atoms with Crippen molar-refractivity contribution in [2.75, 3.05) is 0 Å². The first-order chi connectivity index (χ1) is 6.35. The summed E-state index contributed by atoms with van der Waals surface area (Å²) in [6.45, 7) is 2.23. The first kappa shape index (κ1) is 8.31. The van der Waals surface area contributed by atoms with Crippen molar-refractivity contribution in [1.29, 1.82) is 5.26 Å². The van der Waals surface area contributed by atoms with Crippen molar-refractivity contribution in [2.45, 2.75) is 32.1 Å². The van der Waals surface area contributed by atoms with Crippen LogP contribution in [-0.2, 0) is 6.42 Å². The SMILES string of the molecule is CC[C@@H]1CCc2cc(C#N)ccc21. The monoisotopic (exact) mass is 171 g/mol. The molecule has 13 heavy (non-hydrogen) atoms. The lowest BCUT2D eigenvalue weighted by Gasteiger charge is -2.07. The Hall–Kier alpha value is -1.29. The fraction of sp³-hybridized carbons (Fsp3) is 0.417. The van der Waals surface area contributed by atoms with Crippen LogP contribution in [0.4, 0.5) is 0 Å². The lowest BCUT2D eigenvalue weighted by molar-refractivity contribution is 0.656. The lowest BCUT2D eigenvalue weighted by atomic mass is 9.98. The Morgan fingerprint density at radius 1 is 1.54 bits per heavy atom. The van der Waals surface area contributed by atoms with E-state index in [0.29, 0.717) is 0 Å². The summed E-state index contributed by atoms with van der Waals surface area (Å²) in [5, 5.41) is 8.74. The second-order valence-corrected chi connectivity index (χ2v) is 3.67. The molecular weight excluding hydrogens is 158 g/mol. The molecule has 0 amide bonds. The zero-order chi connectivity index (χ0) is 9.26. The van der Waals surface area contributed by atoms with Crippen molar-refractivity contribution < 1.29 is 0 Å². The van der Waals surface area contributed by atoms with Crippen molar-refractivity contribution in [3.63, 3.8) is 0 Å². The van der Waals surface area contributed by atoms with E-state index in [1.165, 1.54) is 24.0 Å².